The second kappa shape index (κ2) is 18.0. The molecule has 1 aliphatic rings. The number of carboxylic acid groups (broad SMARTS) is 1. The zero-order valence-corrected chi connectivity index (χ0v) is 27.4. The fraction of sp³-hybridized carbons (Fsp3) is 0.500. The summed E-state index contributed by atoms with van der Waals surface area (Å²) in [6.45, 7) is 0.720. The van der Waals surface area contributed by atoms with Crippen molar-refractivity contribution in [2.24, 2.45) is 0 Å². The summed E-state index contributed by atoms with van der Waals surface area (Å²) in [4.78, 5) is 12.6. The number of nitrogens with zero attached hydrogens (tertiary/aromatic N) is 1. The molecule has 0 saturated carbocycles. The molecular formula is C38H51NO7. The first-order valence-electron chi connectivity index (χ1n) is 16.7. The van der Waals surface area contributed by atoms with Crippen molar-refractivity contribution in [2.75, 3.05) is 27.4 Å². The Bertz CT molecular complexity index is 1250. The van der Waals surface area contributed by atoms with E-state index >= 15 is 0 Å². The van der Waals surface area contributed by atoms with E-state index in [1.807, 2.05) is 71.6 Å². The molecule has 250 valence electrons. The number of rotatable bonds is 20. The average Bonchev–Trinajstić information content (AvgIpc) is 3.47. The Hall–Kier alpha value is -3.43. The highest BCUT2D eigenvalue weighted by molar-refractivity contribution is 5.66. The van der Waals surface area contributed by atoms with Gasteiger partial charge in [0.05, 0.1) is 26.9 Å². The molecule has 1 saturated heterocycles. The quantitative estimate of drug-likeness (QED) is 0.0926. The van der Waals surface area contributed by atoms with Crippen molar-refractivity contribution < 1.29 is 34.3 Å². The number of hydrogen-bond donors (Lipinski definition) is 3. The number of aliphatic hydroxyl groups is 2. The predicted octanol–water partition coefficient (Wildman–Crippen LogP) is 6.75. The molecule has 0 spiro atoms. The van der Waals surface area contributed by atoms with Gasteiger partial charge in [-0.15, -0.1) is 0 Å². The molecule has 0 amide bonds. The van der Waals surface area contributed by atoms with E-state index in [1.54, 1.807) is 14.2 Å². The van der Waals surface area contributed by atoms with Crippen LogP contribution in [0.25, 0.3) is 0 Å². The summed E-state index contributed by atoms with van der Waals surface area (Å²) < 4.78 is 18.0. The number of likely N-dealkylation sites (tertiary alicyclic amines) is 1. The lowest BCUT2D eigenvalue weighted by atomic mass is 9.80. The molecular weight excluding hydrogens is 582 g/mol. The molecule has 0 aromatic heterocycles. The maximum atomic E-state index is 11.3. The van der Waals surface area contributed by atoms with Crippen LogP contribution in [0.2, 0.25) is 0 Å². The number of aliphatic hydroxyl groups excluding tert-OH is 2. The van der Waals surface area contributed by atoms with Crippen LogP contribution in [0.4, 0.5) is 0 Å². The van der Waals surface area contributed by atoms with Gasteiger partial charge in [0.2, 0.25) is 0 Å². The van der Waals surface area contributed by atoms with Crippen LogP contribution in [0.3, 0.4) is 0 Å². The summed E-state index contributed by atoms with van der Waals surface area (Å²) in [6.07, 6.45) is 8.31. The monoisotopic (exact) mass is 633 g/mol. The number of benzene rings is 3. The standard InChI is InChI=1S/C38H51NO7/c1-44-34-22-18-30(19-23-34)38(29-14-10-9-11-15-29,31-20-24-35(45-2)25-21-31)46-28-32-26-33(40)27-39(32)36(41)16-12-7-5-3-4-6-8-13-17-37(42)43/h9-11,14-15,18-25,32-33,36,40-41H,3-8,12-13,16-17,26-28H2,1-2H3,(H,42,43)/t32-,33+,36?/m0/s1. The van der Waals surface area contributed by atoms with Crippen molar-refractivity contribution in [1.82, 2.24) is 4.90 Å². The molecule has 8 nitrogen and oxygen atoms in total. The second-order valence-electron chi connectivity index (χ2n) is 12.3. The number of unbranched alkanes of at least 4 members (excludes halogenated alkanes) is 7. The van der Waals surface area contributed by atoms with E-state index < -0.39 is 23.9 Å². The highest BCUT2D eigenvalue weighted by Gasteiger charge is 2.41. The number of carbonyl (C=O) groups is 1. The Morgan fingerprint density at radius 2 is 1.28 bits per heavy atom. The maximum Gasteiger partial charge on any atom is 0.303 e. The van der Waals surface area contributed by atoms with Crippen molar-refractivity contribution in [3.05, 3.63) is 95.6 Å². The van der Waals surface area contributed by atoms with Gasteiger partial charge < -0.3 is 29.5 Å². The highest BCUT2D eigenvalue weighted by atomic mass is 16.5. The molecule has 1 heterocycles. The van der Waals surface area contributed by atoms with Crippen LogP contribution < -0.4 is 9.47 Å². The molecule has 1 unspecified atom stereocenters. The first kappa shape index (κ1) is 35.4. The molecule has 0 bridgehead atoms. The van der Waals surface area contributed by atoms with Crippen LogP contribution in [0.15, 0.2) is 78.9 Å². The summed E-state index contributed by atoms with van der Waals surface area (Å²) in [6, 6.07) is 25.9. The van der Waals surface area contributed by atoms with Crippen LogP contribution in [-0.4, -0.2) is 71.9 Å². The van der Waals surface area contributed by atoms with Gasteiger partial charge in [0, 0.05) is 19.0 Å². The van der Waals surface area contributed by atoms with Gasteiger partial charge in [-0.2, -0.15) is 0 Å². The van der Waals surface area contributed by atoms with E-state index in [4.69, 9.17) is 19.3 Å². The Morgan fingerprint density at radius 1 is 0.783 bits per heavy atom. The molecule has 1 aliphatic heterocycles. The topological polar surface area (TPSA) is 109 Å². The fourth-order valence-electron chi connectivity index (χ4n) is 6.57. The lowest BCUT2D eigenvalue weighted by Gasteiger charge is -2.38. The van der Waals surface area contributed by atoms with Gasteiger partial charge in [-0.05, 0) is 66.6 Å². The molecule has 4 rings (SSSR count). The maximum absolute atomic E-state index is 11.3. The lowest BCUT2D eigenvalue weighted by molar-refractivity contribution is -0.137. The van der Waals surface area contributed by atoms with Crippen LogP contribution >= 0.6 is 0 Å². The Labute approximate surface area is 273 Å². The summed E-state index contributed by atoms with van der Waals surface area (Å²) in [7, 11) is 3.30. The smallest absolute Gasteiger partial charge is 0.303 e. The highest BCUT2D eigenvalue weighted by Crippen LogP contribution is 2.42. The van der Waals surface area contributed by atoms with Gasteiger partial charge in [-0.1, -0.05) is 93.1 Å². The molecule has 0 aliphatic carbocycles. The van der Waals surface area contributed by atoms with E-state index in [0.717, 1.165) is 79.6 Å². The minimum atomic E-state index is -0.961. The normalized spacial score (nSPS) is 17.6. The first-order chi connectivity index (χ1) is 22.4. The summed E-state index contributed by atoms with van der Waals surface area (Å²) in [5.41, 5.74) is 1.89. The van der Waals surface area contributed by atoms with Crippen molar-refractivity contribution in [3.8, 4) is 11.5 Å². The Kier molecular flexibility index (Phi) is 13.9. The molecule has 8 heteroatoms. The number of methoxy groups -OCH3 is 2. The average molecular weight is 634 g/mol. The Morgan fingerprint density at radius 3 is 1.80 bits per heavy atom. The van der Waals surface area contributed by atoms with Gasteiger partial charge in [0.15, 0.2) is 0 Å². The van der Waals surface area contributed by atoms with Gasteiger partial charge >= 0.3 is 5.97 Å². The molecule has 3 aromatic carbocycles. The summed E-state index contributed by atoms with van der Waals surface area (Å²) in [5.74, 6) is 0.789. The SMILES string of the molecule is COc1ccc(C(OC[C@@H]2C[C@@H](O)CN2C(O)CCCCCCCCCCC(=O)O)(c2ccccc2)c2ccc(OC)cc2)cc1. The Balaban J connectivity index is 1.45. The molecule has 46 heavy (non-hydrogen) atoms. The largest absolute Gasteiger partial charge is 0.497 e. The van der Waals surface area contributed by atoms with Crippen molar-refractivity contribution in [3.63, 3.8) is 0 Å². The third-order valence-corrected chi connectivity index (χ3v) is 9.09. The molecule has 0 radical (unpaired) electrons. The number of β-amino-alcohol motifs (C(OH)–C–C–N with tert-alkyl or cyclic N) is 1. The van der Waals surface area contributed by atoms with Crippen LogP contribution in [0.5, 0.6) is 11.5 Å². The zero-order chi connectivity index (χ0) is 32.8. The molecule has 1 fully saturated rings. The number of aliphatic carboxylic acids is 1. The van der Waals surface area contributed by atoms with Crippen LogP contribution in [0, 0.1) is 0 Å². The third-order valence-electron chi connectivity index (χ3n) is 9.09. The van der Waals surface area contributed by atoms with Crippen molar-refractivity contribution in [2.45, 2.75) is 94.6 Å². The number of hydrogen-bond acceptors (Lipinski definition) is 7. The van der Waals surface area contributed by atoms with E-state index in [1.165, 1.54) is 0 Å². The number of ether oxygens (including phenoxy) is 3. The van der Waals surface area contributed by atoms with Gasteiger partial charge in [-0.25, -0.2) is 0 Å². The second-order valence-corrected chi connectivity index (χ2v) is 12.3. The molecule has 3 atom stereocenters. The van der Waals surface area contributed by atoms with Gasteiger partial charge in [-0.3, -0.25) is 9.69 Å². The zero-order valence-electron chi connectivity index (χ0n) is 27.4. The van der Waals surface area contributed by atoms with E-state index in [2.05, 4.69) is 12.1 Å². The van der Waals surface area contributed by atoms with E-state index in [-0.39, 0.29) is 12.5 Å². The first-order valence-corrected chi connectivity index (χ1v) is 16.7. The fourth-order valence-corrected chi connectivity index (χ4v) is 6.57. The van der Waals surface area contributed by atoms with Gasteiger partial charge in [0.25, 0.3) is 0 Å². The van der Waals surface area contributed by atoms with Crippen LogP contribution in [-0.2, 0) is 15.1 Å². The number of carboxylic acids is 1. The minimum absolute atomic E-state index is 0.157. The third kappa shape index (κ3) is 9.55. The van der Waals surface area contributed by atoms with E-state index in [9.17, 15) is 15.0 Å². The molecule has 3 aromatic rings. The predicted molar refractivity (Wildman–Crippen MR) is 179 cm³/mol. The minimum Gasteiger partial charge on any atom is -0.497 e. The summed E-state index contributed by atoms with van der Waals surface area (Å²) >= 11 is 0. The summed E-state index contributed by atoms with van der Waals surface area (Å²) in [5, 5.41) is 30.7. The van der Waals surface area contributed by atoms with E-state index in [0.29, 0.717) is 26.0 Å². The lowest BCUT2D eigenvalue weighted by Crippen LogP contribution is -2.44. The molecule has 3 N–H and O–H groups in total. The van der Waals surface area contributed by atoms with Crippen molar-refractivity contribution in [1.29, 1.82) is 0 Å². The van der Waals surface area contributed by atoms with Crippen molar-refractivity contribution >= 4 is 5.97 Å². The van der Waals surface area contributed by atoms with Gasteiger partial charge in [0.1, 0.15) is 23.3 Å². The van der Waals surface area contributed by atoms with Crippen LogP contribution in [0.1, 0.15) is 87.3 Å².